The first-order valence-electron chi connectivity index (χ1n) is 6.22. The topological polar surface area (TPSA) is 38.5 Å². The fourth-order valence-corrected chi connectivity index (χ4v) is 2.63. The van der Waals surface area contributed by atoms with Crippen LogP contribution in [0.25, 0.3) is 0 Å². The molecule has 3 nitrogen and oxygen atoms in total. The molecule has 3 heteroatoms. The van der Waals surface area contributed by atoms with Gasteiger partial charge >= 0.3 is 0 Å². The fraction of sp³-hybridized carbons (Fsp3) is 1.00. The standard InChI is InChI=1S/C12H24N2O/c1-10(2)14(7-11-3-4-11)12(8-13)5-6-15-9-12/h10-11H,3-9,13H2,1-2H3. The number of ether oxygens (including phenoxy) is 1. The number of nitrogens with zero attached hydrogens (tertiary/aromatic N) is 1. The zero-order valence-electron chi connectivity index (χ0n) is 10.0. The predicted molar refractivity (Wildman–Crippen MR) is 61.8 cm³/mol. The van der Waals surface area contributed by atoms with E-state index in [9.17, 15) is 0 Å². The van der Waals surface area contributed by atoms with Gasteiger partial charge in [-0.2, -0.15) is 0 Å². The minimum absolute atomic E-state index is 0.136. The average Bonchev–Trinajstić information content (AvgIpc) is 2.91. The van der Waals surface area contributed by atoms with Gasteiger partial charge in [0.05, 0.1) is 12.1 Å². The Kier molecular flexibility index (Phi) is 3.33. The molecule has 0 radical (unpaired) electrons. The molecule has 1 saturated heterocycles. The molecule has 0 amide bonds. The van der Waals surface area contributed by atoms with E-state index in [-0.39, 0.29) is 5.54 Å². The summed E-state index contributed by atoms with van der Waals surface area (Å²) in [6.45, 7) is 8.21. The van der Waals surface area contributed by atoms with E-state index in [1.165, 1.54) is 19.4 Å². The van der Waals surface area contributed by atoms with E-state index in [0.717, 1.165) is 32.1 Å². The molecule has 2 aliphatic rings. The Morgan fingerprint density at radius 3 is 2.60 bits per heavy atom. The van der Waals surface area contributed by atoms with Crippen LogP contribution in [0.4, 0.5) is 0 Å². The second-order valence-corrected chi connectivity index (χ2v) is 5.42. The Morgan fingerprint density at radius 2 is 2.20 bits per heavy atom. The lowest BCUT2D eigenvalue weighted by molar-refractivity contribution is 0.0426. The monoisotopic (exact) mass is 212 g/mol. The quantitative estimate of drug-likeness (QED) is 0.745. The van der Waals surface area contributed by atoms with E-state index >= 15 is 0 Å². The molecular formula is C12H24N2O. The van der Waals surface area contributed by atoms with Crippen molar-refractivity contribution >= 4 is 0 Å². The molecule has 1 unspecified atom stereocenters. The van der Waals surface area contributed by atoms with Crippen molar-refractivity contribution in [2.45, 2.75) is 44.7 Å². The Morgan fingerprint density at radius 1 is 1.47 bits per heavy atom. The van der Waals surface area contributed by atoms with Crippen molar-refractivity contribution in [3.05, 3.63) is 0 Å². The number of hydrogen-bond donors (Lipinski definition) is 1. The average molecular weight is 212 g/mol. The van der Waals surface area contributed by atoms with Gasteiger partial charge in [0.2, 0.25) is 0 Å². The second kappa shape index (κ2) is 4.40. The van der Waals surface area contributed by atoms with Crippen LogP contribution in [-0.4, -0.2) is 42.8 Å². The van der Waals surface area contributed by atoms with Crippen LogP contribution in [0.5, 0.6) is 0 Å². The summed E-state index contributed by atoms with van der Waals surface area (Å²) in [5, 5.41) is 0. The van der Waals surface area contributed by atoms with Crippen molar-refractivity contribution in [3.63, 3.8) is 0 Å². The van der Waals surface area contributed by atoms with Gasteiger partial charge in [-0.15, -0.1) is 0 Å². The van der Waals surface area contributed by atoms with Gasteiger partial charge in [0.1, 0.15) is 0 Å². The van der Waals surface area contributed by atoms with Crippen LogP contribution in [0.3, 0.4) is 0 Å². The van der Waals surface area contributed by atoms with E-state index < -0.39 is 0 Å². The Bertz CT molecular complexity index is 208. The molecule has 2 fully saturated rings. The molecular weight excluding hydrogens is 188 g/mol. The maximum atomic E-state index is 5.98. The van der Waals surface area contributed by atoms with Crippen LogP contribution >= 0.6 is 0 Å². The van der Waals surface area contributed by atoms with E-state index in [4.69, 9.17) is 10.5 Å². The van der Waals surface area contributed by atoms with Gasteiger partial charge in [0.25, 0.3) is 0 Å². The van der Waals surface area contributed by atoms with Gasteiger partial charge in [-0.25, -0.2) is 0 Å². The number of hydrogen-bond acceptors (Lipinski definition) is 3. The SMILES string of the molecule is CC(C)N(CC1CC1)C1(CN)CCOC1. The minimum atomic E-state index is 0.136. The summed E-state index contributed by atoms with van der Waals surface area (Å²) in [5.74, 6) is 0.927. The molecule has 88 valence electrons. The summed E-state index contributed by atoms with van der Waals surface area (Å²) in [5.41, 5.74) is 6.12. The Labute approximate surface area is 93.0 Å². The maximum absolute atomic E-state index is 5.98. The van der Waals surface area contributed by atoms with E-state index in [1.54, 1.807) is 0 Å². The lowest BCUT2D eigenvalue weighted by atomic mass is 9.94. The molecule has 0 spiro atoms. The third-order valence-corrected chi connectivity index (χ3v) is 3.85. The molecule has 1 heterocycles. The zero-order valence-corrected chi connectivity index (χ0v) is 10.0. The van der Waals surface area contributed by atoms with Crippen molar-refractivity contribution in [1.82, 2.24) is 4.90 Å². The van der Waals surface area contributed by atoms with Crippen molar-refractivity contribution in [2.24, 2.45) is 11.7 Å². The Hall–Kier alpha value is -0.120. The molecule has 0 aromatic rings. The van der Waals surface area contributed by atoms with Crippen molar-refractivity contribution in [3.8, 4) is 0 Å². The largest absolute Gasteiger partial charge is 0.379 e. The summed E-state index contributed by atoms with van der Waals surface area (Å²) < 4.78 is 5.56. The van der Waals surface area contributed by atoms with Crippen molar-refractivity contribution < 1.29 is 4.74 Å². The highest BCUT2D eigenvalue weighted by molar-refractivity contribution is 4.98. The molecule has 1 atom stereocenters. The minimum Gasteiger partial charge on any atom is -0.379 e. The number of nitrogens with two attached hydrogens (primary N) is 1. The maximum Gasteiger partial charge on any atom is 0.0663 e. The summed E-state index contributed by atoms with van der Waals surface area (Å²) >= 11 is 0. The summed E-state index contributed by atoms with van der Waals surface area (Å²) in [7, 11) is 0. The fourth-order valence-electron chi connectivity index (χ4n) is 2.63. The first-order valence-corrected chi connectivity index (χ1v) is 6.22. The van der Waals surface area contributed by atoms with E-state index in [1.807, 2.05) is 0 Å². The zero-order chi connectivity index (χ0) is 10.9. The van der Waals surface area contributed by atoms with Crippen molar-refractivity contribution in [2.75, 3.05) is 26.3 Å². The summed E-state index contributed by atoms with van der Waals surface area (Å²) in [6.07, 6.45) is 3.92. The molecule has 2 N–H and O–H groups in total. The third kappa shape index (κ3) is 2.35. The molecule has 0 aromatic carbocycles. The predicted octanol–water partition coefficient (Wildman–Crippen LogP) is 1.22. The summed E-state index contributed by atoms with van der Waals surface area (Å²) in [6, 6.07) is 0.579. The molecule has 1 aliphatic heterocycles. The van der Waals surface area contributed by atoms with Gasteiger partial charge in [0, 0.05) is 25.7 Å². The van der Waals surface area contributed by atoms with Gasteiger partial charge in [-0.05, 0) is 39.0 Å². The van der Waals surface area contributed by atoms with Crippen LogP contribution in [0.2, 0.25) is 0 Å². The van der Waals surface area contributed by atoms with E-state index in [0.29, 0.717) is 6.04 Å². The normalized spacial score (nSPS) is 31.8. The van der Waals surface area contributed by atoms with Crippen molar-refractivity contribution in [1.29, 1.82) is 0 Å². The van der Waals surface area contributed by atoms with E-state index in [2.05, 4.69) is 18.7 Å². The first kappa shape index (κ1) is 11.4. The highest BCUT2D eigenvalue weighted by Gasteiger charge is 2.42. The van der Waals surface area contributed by atoms with Crippen LogP contribution in [-0.2, 0) is 4.74 Å². The van der Waals surface area contributed by atoms with Crippen LogP contribution < -0.4 is 5.73 Å². The van der Waals surface area contributed by atoms with Crippen LogP contribution in [0, 0.1) is 5.92 Å². The van der Waals surface area contributed by atoms with Gasteiger partial charge in [-0.1, -0.05) is 0 Å². The lowest BCUT2D eigenvalue weighted by Gasteiger charge is -2.42. The molecule has 0 aromatic heterocycles. The number of rotatable bonds is 5. The molecule has 1 aliphatic carbocycles. The third-order valence-electron chi connectivity index (χ3n) is 3.85. The molecule has 0 bridgehead atoms. The molecule has 2 rings (SSSR count). The van der Waals surface area contributed by atoms with Crippen LogP contribution in [0.1, 0.15) is 33.1 Å². The lowest BCUT2D eigenvalue weighted by Crippen LogP contribution is -2.57. The smallest absolute Gasteiger partial charge is 0.0663 e. The Balaban J connectivity index is 2.05. The molecule has 15 heavy (non-hydrogen) atoms. The molecule has 1 saturated carbocycles. The summed E-state index contributed by atoms with van der Waals surface area (Å²) in [4.78, 5) is 2.59. The highest BCUT2D eigenvalue weighted by Crippen LogP contribution is 2.35. The highest BCUT2D eigenvalue weighted by atomic mass is 16.5. The van der Waals surface area contributed by atoms with Gasteiger partial charge < -0.3 is 10.5 Å². The van der Waals surface area contributed by atoms with Gasteiger partial charge in [0.15, 0.2) is 0 Å². The second-order valence-electron chi connectivity index (χ2n) is 5.42. The van der Waals surface area contributed by atoms with Gasteiger partial charge in [-0.3, -0.25) is 4.90 Å². The first-order chi connectivity index (χ1) is 7.18. The van der Waals surface area contributed by atoms with Crippen LogP contribution in [0.15, 0.2) is 0 Å².